The highest BCUT2D eigenvalue weighted by atomic mass is 19.1. The largest absolute Gasteiger partial charge is 0.388 e. The monoisotopic (exact) mass is 284 g/mol. The van der Waals surface area contributed by atoms with E-state index in [-0.39, 0.29) is 12.2 Å². The number of hydrogen-bond donors (Lipinski definition) is 1. The van der Waals surface area contributed by atoms with Crippen LogP contribution in [-0.2, 0) is 4.74 Å². The van der Waals surface area contributed by atoms with Gasteiger partial charge < -0.3 is 14.7 Å². The minimum atomic E-state index is -0.965. The highest BCUT2D eigenvalue weighted by Crippen LogP contribution is 2.32. The molecule has 1 aliphatic heterocycles. The lowest BCUT2D eigenvalue weighted by molar-refractivity contribution is -0.386. The Morgan fingerprint density at radius 3 is 2.75 bits per heavy atom. The minimum absolute atomic E-state index is 0.162. The van der Waals surface area contributed by atoms with Gasteiger partial charge in [0, 0.05) is 39.6 Å². The van der Waals surface area contributed by atoms with Gasteiger partial charge in [0.1, 0.15) is 5.69 Å². The summed E-state index contributed by atoms with van der Waals surface area (Å²) in [6, 6.07) is 3.95. The van der Waals surface area contributed by atoms with Crippen molar-refractivity contribution in [3.8, 4) is 0 Å². The van der Waals surface area contributed by atoms with Crippen molar-refractivity contribution in [2.75, 3.05) is 31.7 Å². The maximum atomic E-state index is 13.6. The Kier molecular flexibility index (Phi) is 4.20. The third-order valence-corrected chi connectivity index (χ3v) is 3.51. The van der Waals surface area contributed by atoms with Crippen molar-refractivity contribution in [1.29, 1.82) is 0 Å². The molecule has 0 saturated carbocycles. The van der Waals surface area contributed by atoms with E-state index < -0.39 is 22.0 Å². The van der Waals surface area contributed by atoms with Gasteiger partial charge in [0.15, 0.2) is 0 Å². The molecule has 6 nitrogen and oxygen atoms in total. The van der Waals surface area contributed by atoms with Crippen LogP contribution in [0.4, 0.5) is 15.8 Å². The maximum absolute atomic E-state index is 13.6. The van der Waals surface area contributed by atoms with Gasteiger partial charge in [0.2, 0.25) is 5.82 Å². The number of hydrogen-bond acceptors (Lipinski definition) is 5. The summed E-state index contributed by atoms with van der Waals surface area (Å²) in [7, 11) is 1.61. The molecule has 0 unspecified atom stereocenters. The highest BCUT2D eigenvalue weighted by molar-refractivity contribution is 5.63. The van der Waals surface area contributed by atoms with Crippen molar-refractivity contribution in [2.24, 2.45) is 0 Å². The fourth-order valence-corrected chi connectivity index (χ4v) is 2.43. The molecule has 7 heteroatoms. The van der Waals surface area contributed by atoms with Gasteiger partial charge >= 0.3 is 5.69 Å². The Bertz CT molecular complexity index is 503. The average molecular weight is 284 g/mol. The Morgan fingerprint density at radius 1 is 1.50 bits per heavy atom. The van der Waals surface area contributed by atoms with Crippen molar-refractivity contribution < 1.29 is 19.2 Å². The lowest BCUT2D eigenvalue weighted by atomic mass is 9.93. The average Bonchev–Trinajstić information content (AvgIpc) is 2.38. The van der Waals surface area contributed by atoms with Crippen LogP contribution in [0.3, 0.4) is 0 Å². The summed E-state index contributed by atoms with van der Waals surface area (Å²) in [6.07, 6.45) is 0.918. The molecule has 110 valence electrons. The van der Waals surface area contributed by atoms with Crippen molar-refractivity contribution >= 4 is 11.4 Å². The molecule has 0 atom stereocenters. The molecule has 0 bridgehead atoms. The SMILES string of the molecule is CN(CC1(O)CCOCC1)c1cccc(F)c1[N+](=O)[O-]. The van der Waals surface area contributed by atoms with E-state index in [2.05, 4.69) is 0 Å². The Balaban J connectivity index is 2.23. The number of anilines is 1. The van der Waals surface area contributed by atoms with Gasteiger partial charge in [-0.3, -0.25) is 10.1 Å². The molecular formula is C13H17FN2O4. The van der Waals surface area contributed by atoms with Gasteiger partial charge in [-0.15, -0.1) is 0 Å². The van der Waals surface area contributed by atoms with Gasteiger partial charge in [-0.2, -0.15) is 4.39 Å². The number of ether oxygens (including phenoxy) is 1. The van der Waals surface area contributed by atoms with E-state index in [1.54, 1.807) is 7.05 Å². The Morgan fingerprint density at radius 2 is 2.15 bits per heavy atom. The molecule has 1 saturated heterocycles. The molecule has 0 spiro atoms. The van der Waals surface area contributed by atoms with Crippen LogP contribution in [0.25, 0.3) is 0 Å². The Hall–Kier alpha value is -1.73. The molecule has 1 aromatic carbocycles. The van der Waals surface area contributed by atoms with E-state index in [1.165, 1.54) is 17.0 Å². The number of rotatable bonds is 4. The van der Waals surface area contributed by atoms with Crippen molar-refractivity contribution in [3.63, 3.8) is 0 Å². The van der Waals surface area contributed by atoms with E-state index >= 15 is 0 Å². The minimum Gasteiger partial charge on any atom is -0.388 e. The zero-order valence-corrected chi connectivity index (χ0v) is 11.2. The van der Waals surface area contributed by atoms with Gasteiger partial charge in [0.25, 0.3) is 0 Å². The molecule has 1 aromatic rings. The smallest absolute Gasteiger partial charge is 0.327 e. The van der Waals surface area contributed by atoms with Gasteiger partial charge in [-0.25, -0.2) is 0 Å². The van der Waals surface area contributed by atoms with Gasteiger partial charge in [0.05, 0.1) is 10.5 Å². The predicted molar refractivity (Wildman–Crippen MR) is 71.3 cm³/mol. The standard InChI is InChI=1S/C13H17FN2O4/c1-15(9-13(17)5-7-20-8-6-13)11-4-2-3-10(14)12(11)16(18)19/h2-4,17H,5-9H2,1H3. The Labute approximate surface area is 115 Å². The van der Waals surface area contributed by atoms with E-state index in [0.717, 1.165) is 6.07 Å². The number of nitrogens with zero attached hydrogens (tertiary/aromatic N) is 2. The summed E-state index contributed by atoms with van der Waals surface area (Å²) in [5.74, 6) is -0.877. The van der Waals surface area contributed by atoms with Crippen LogP contribution in [-0.4, -0.2) is 42.4 Å². The molecule has 1 heterocycles. The maximum Gasteiger partial charge on any atom is 0.327 e. The molecule has 20 heavy (non-hydrogen) atoms. The lowest BCUT2D eigenvalue weighted by Gasteiger charge is -2.36. The molecule has 1 fully saturated rings. The second-order valence-corrected chi connectivity index (χ2v) is 5.06. The van der Waals surface area contributed by atoms with Crippen molar-refractivity contribution in [2.45, 2.75) is 18.4 Å². The number of nitro groups is 1. The van der Waals surface area contributed by atoms with Crippen LogP contribution >= 0.6 is 0 Å². The predicted octanol–water partition coefficient (Wildman–Crippen LogP) is 1.71. The quantitative estimate of drug-likeness (QED) is 0.673. The van der Waals surface area contributed by atoms with Crippen molar-refractivity contribution in [1.82, 2.24) is 0 Å². The van der Waals surface area contributed by atoms with Crippen LogP contribution in [0, 0.1) is 15.9 Å². The van der Waals surface area contributed by atoms with E-state index in [1.807, 2.05) is 0 Å². The van der Waals surface area contributed by atoms with Gasteiger partial charge in [-0.1, -0.05) is 6.07 Å². The fourth-order valence-electron chi connectivity index (χ4n) is 2.43. The third kappa shape index (κ3) is 3.05. The molecular weight excluding hydrogens is 267 g/mol. The molecule has 0 amide bonds. The van der Waals surface area contributed by atoms with Crippen molar-refractivity contribution in [3.05, 3.63) is 34.1 Å². The highest BCUT2D eigenvalue weighted by Gasteiger charge is 2.33. The number of nitro benzene ring substituents is 1. The first-order valence-electron chi connectivity index (χ1n) is 6.37. The molecule has 0 radical (unpaired) electrons. The summed E-state index contributed by atoms with van der Waals surface area (Å²) in [4.78, 5) is 11.8. The molecule has 1 N–H and O–H groups in total. The van der Waals surface area contributed by atoms with Gasteiger partial charge in [-0.05, 0) is 12.1 Å². The zero-order valence-electron chi connectivity index (χ0n) is 11.2. The number of likely N-dealkylation sites (N-methyl/N-ethyl adjacent to an activating group) is 1. The second-order valence-electron chi connectivity index (χ2n) is 5.06. The van der Waals surface area contributed by atoms with Crippen LogP contribution in [0.2, 0.25) is 0 Å². The number of benzene rings is 1. The van der Waals surface area contributed by atoms with Crippen LogP contribution < -0.4 is 4.90 Å². The van der Waals surface area contributed by atoms with E-state index in [9.17, 15) is 19.6 Å². The van der Waals surface area contributed by atoms with E-state index in [0.29, 0.717) is 26.1 Å². The first-order valence-corrected chi connectivity index (χ1v) is 6.37. The number of aliphatic hydroxyl groups is 1. The van der Waals surface area contributed by atoms with Crippen LogP contribution in [0.5, 0.6) is 0 Å². The summed E-state index contributed by atoms with van der Waals surface area (Å²) >= 11 is 0. The molecule has 0 aliphatic carbocycles. The summed E-state index contributed by atoms with van der Waals surface area (Å²) < 4.78 is 18.8. The first-order chi connectivity index (χ1) is 9.43. The van der Waals surface area contributed by atoms with Crippen LogP contribution in [0.1, 0.15) is 12.8 Å². The third-order valence-electron chi connectivity index (χ3n) is 3.51. The summed E-state index contributed by atoms with van der Waals surface area (Å²) in [5, 5.41) is 21.4. The second kappa shape index (κ2) is 5.72. The zero-order chi connectivity index (χ0) is 14.8. The number of halogens is 1. The first kappa shape index (κ1) is 14.7. The normalized spacial score (nSPS) is 17.8. The summed E-state index contributed by atoms with van der Waals surface area (Å²) in [6.45, 7) is 1.10. The lowest BCUT2D eigenvalue weighted by Crippen LogP contribution is -2.45. The summed E-state index contributed by atoms with van der Waals surface area (Å²) in [5.41, 5.74) is -1.37. The topological polar surface area (TPSA) is 75.8 Å². The van der Waals surface area contributed by atoms with E-state index in [4.69, 9.17) is 4.74 Å². The molecule has 1 aliphatic rings. The number of para-hydroxylation sites is 1. The molecule has 0 aromatic heterocycles. The fraction of sp³-hybridized carbons (Fsp3) is 0.538. The molecule has 2 rings (SSSR count). The van der Waals surface area contributed by atoms with Crippen LogP contribution in [0.15, 0.2) is 18.2 Å².